The monoisotopic (exact) mass is 377 g/mol. The Balaban J connectivity index is 2.16. The van der Waals surface area contributed by atoms with Crippen molar-refractivity contribution in [2.24, 2.45) is 5.73 Å². The molecule has 1 nitrogen and oxygen atoms in total. The fraction of sp³-hybridized carbons (Fsp3) is 0.167. The van der Waals surface area contributed by atoms with Crippen LogP contribution < -0.4 is 5.73 Å². The second kappa shape index (κ2) is 5.61. The minimum atomic E-state index is -0.266. The Labute approximate surface area is 120 Å². The fourth-order valence-electron chi connectivity index (χ4n) is 1.59. The summed E-state index contributed by atoms with van der Waals surface area (Å²) in [5.74, 6) is -0.266. The lowest BCUT2D eigenvalue weighted by Crippen LogP contribution is -2.12. The maximum Gasteiger partial charge on any atom is 0.124 e. The number of hydrogen-bond donors (Lipinski definition) is 1. The highest BCUT2D eigenvalue weighted by molar-refractivity contribution is 9.11. The predicted molar refractivity (Wildman–Crippen MR) is 76.8 cm³/mol. The number of halogens is 3. The Morgan fingerprint density at radius 2 is 2.00 bits per heavy atom. The van der Waals surface area contributed by atoms with Crippen LogP contribution in [0.15, 0.2) is 38.6 Å². The first-order valence-electron chi connectivity index (χ1n) is 5.00. The Hall–Kier alpha value is -0.230. The first-order valence-corrected chi connectivity index (χ1v) is 7.40. The van der Waals surface area contributed by atoms with Crippen LogP contribution in [0.1, 0.15) is 16.5 Å². The lowest BCUT2D eigenvalue weighted by molar-refractivity contribution is 0.618. The predicted octanol–water partition coefficient (Wildman–Crippen LogP) is 4.65. The van der Waals surface area contributed by atoms with Crippen LogP contribution in [-0.2, 0) is 6.42 Å². The van der Waals surface area contributed by atoms with Crippen molar-refractivity contribution in [3.8, 4) is 0 Å². The van der Waals surface area contributed by atoms with Gasteiger partial charge in [-0.3, -0.25) is 0 Å². The molecule has 1 atom stereocenters. The van der Waals surface area contributed by atoms with Crippen LogP contribution in [0, 0.1) is 5.82 Å². The average molecular weight is 379 g/mol. The molecule has 90 valence electrons. The number of thiophene rings is 1. The molecule has 0 fully saturated rings. The van der Waals surface area contributed by atoms with Crippen LogP contribution in [0.3, 0.4) is 0 Å². The van der Waals surface area contributed by atoms with Gasteiger partial charge in [-0.1, -0.05) is 15.9 Å². The molecule has 0 amide bonds. The van der Waals surface area contributed by atoms with Crippen molar-refractivity contribution >= 4 is 43.2 Å². The molecule has 1 aromatic carbocycles. The topological polar surface area (TPSA) is 26.0 Å². The largest absolute Gasteiger partial charge is 0.324 e. The minimum absolute atomic E-state index is 0.187. The van der Waals surface area contributed by atoms with E-state index in [9.17, 15) is 4.39 Å². The summed E-state index contributed by atoms with van der Waals surface area (Å²) in [6.07, 6.45) is 0.714. The Bertz CT molecular complexity index is 507. The van der Waals surface area contributed by atoms with Crippen LogP contribution in [0.2, 0.25) is 0 Å². The zero-order chi connectivity index (χ0) is 12.4. The standard InChI is InChI=1S/C12H10Br2FNS/c13-8-3-7(4-9(15)5-8)11(16)6-10-1-2-12(14)17-10/h1-5,11H,6,16H2. The van der Waals surface area contributed by atoms with Crippen molar-refractivity contribution in [2.75, 3.05) is 0 Å². The van der Waals surface area contributed by atoms with E-state index < -0.39 is 0 Å². The molecule has 0 spiro atoms. The molecule has 0 aliphatic heterocycles. The van der Waals surface area contributed by atoms with E-state index in [1.165, 1.54) is 17.0 Å². The van der Waals surface area contributed by atoms with Gasteiger partial charge in [-0.25, -0.2) is 4.39 Å². The summed E-state index contributed by atoms with van der Waals surface area (Å²) in [5, 5.41) is 0. The van der Waals surface area contributed by atoms with E-state index in [-0.39, 0.29) is 11.9 Å². The van der Waals surface area contributed by atoms with Gasteiger partial charge in [0.15, 0.2) is 0 Å². The highest BCUT2D eigenvalue weighted by Crippen LogP contribution is 2.27. The molecule has 0 bridgehead atoms. The molecule has 0 saturated heterocycles. The second-order valence-electron chi connectivity index (χ2n) is 3.72. The third-order valence-corrected chi connectivity index (χ3v) is 4.47. The number of rotatable bonds is 3. The van der Waals surface area contributed by atoms with Crippen LogP contribution in [0.5, 0.6) is 0 Å². The van der Waals surface area contributed by atoms with Crippen LogP contribution in [-0.4, -0.2) is 0 Å². The smallest absolute Gasteiger partial charge is 0.124 e. The summed E-state index contributed by atoms with van der Waals surface area (Å²) in [4.78, 5) is 1.18. The van der Waals surface area contributed by atoms with Crippen LogP contribution in [0.4, 0.5) is 4.39 Å². The highest BCUT2D eigenvalue weighted by Gasteiger charge is 2.10. The summed E-state index contributed by atoms with van der Waals surface area (Å²) in [7, 11) is 0. The lowest BCUT2D eigenvalue weighted by Gasteiger charge is -2.11. The van der Waals surface area contributed by atoms with Gasteiger partial charge in [0.2, 0.25) is 0 Å². The fourth-order valence-corrected chi connectivity index (χ4v) is 3.61. The zero-order valence-electron chi connectivity index (χ0n) is 8.79. The summed E-state index contributed by atoms with van der Waals surface area (Å²) in [6, 6.07) is 8.61. The molecule has 0 aliphatic carbocycles. The van der Waals surface area contributed by atoms with Gasteiger partial charge in [-0.2, -0.15) is 0 Å². The van der Waals surface area contributed by atoms with Crippen molar-refractivity contribution < 1.29 is 4.39 Å². The molecular weight excluding hydrogens is 369 g/mol. The molecule has 2 rings (SSSR count). The molecule has 1 heterocycles. The first kappa shape index (κ1) is 13.2. The zero-order valence-corrected chi connectivity index (χ0v) is 12.8. The van der Waals surface area contributed by atoms with Gasteiger partial charge < -0.3 is 5.73 Å². The van der Waals surface area contributed by atoms with E-state index in [4.69, 9.17) is 5.73 Å². The maximum absolute atomic E-state index is 13.2. The van der Waals surface area contributed by atoms with Crippen molar-refractivity contribution in [3.05, 3.63) is 54.8 Å². The quantitative estimate of drug-likeness (QED) is 0.826. The third kappa shape index (κ3) is 3.61. The van der Waals surface area contributed by atoms with Gasteiger partial charge in [0, 0.05) is 21.8 Å². The molecule has 0 radical (unpaired) electrons. The summed E-state index contributed by atoms with van der Waals surface area (Å²) in [6.45, 7) is 0. The molecule has 2 N–H and O–H groups in total. The number of nitrogens with two attached hydrogens (primary N) is 1. The Morgan fingerprint density at radius 1 is 1.24 bits per heavy atom. The summed E-state index contributed by atoms with van der Waals surface area (Å²) in [5.41, 5.74) is 6.88. The SMILES string of the molecule is NC(Cc1ccc(Br)s1)c1cc(F)cc(Br)c1. The van der Waals surface area contributed by atoms with Gasteiger partial charge >= 0.3 is 0 Å². The third-order valence-electron chi connectivity index (χ3n) is 2.36. The molecular formula is C12H10Br2FNS. The lowest BCUT2D eigenvalue weighted by atomic mass is 10.0. The van der Waals surface area contributed by atoms with E-state index in [1.54, 1.807) is 11.3 Å². The van der Waals surface area contributed by atoms with Gasteiger partial charge in [0.05, 0.1) is 3.79 Å². The molecule has 2 aromatic rings. The molecule has 1 unspecified atom stereocenters. The maximum atomic E-state index is 13.2. The summed E-state index contributed by atoms with van der Waals surface area (Å²) >= 11 is 8.33. The normalized spacial score (nSPS) is 12.7. The van der Waals surface area contributed by atoms with Crippen molar-refractivity contribution in [2.45, 2.75) is 12.5 Å². The van der Waals surface area contributed by atoms with Crippen LogP contribution in [0.25, 0.3) is 0 Å². The summed E-state index contributed by atoms with van der Waals surface area (Å²) < 4.78 is 15.0. The van der Waals surface area contributed by atoms with Gasteiger partial charge in [-0.15, -0.1) is 11.3 Å². The van der Waals surface area contributed by atoms with Gasteiger partial charge in [0.25, 0.3) is 0 Å². The number of hydrogen-bond acceptors (Lipinski definition) is 2. The van der Waals surface area contributed by atoms with E-state index >= 15 is 0 Å². The van der Waals surface area contributed by atoms with Crippen molar-refractivity contribution in [1.82, 2.24) is 0 Å². The second-order valence-corrected chi connectivity index (χ2v) is 7.18. The average Bonchev–Trinajstić information content (AvgIpc) is 2.62. The number of benzene rings is 1. The molecule has 17 heavy (non-hydrogen) atoms. The van der Waals surface area contributed by atoms with Gasteiger partial charge in [-0.05, 0) is 51.8 Å². The minimum Gasteiger partial charge on any atom is -0.324 e. The van der Waals surface area contributed by atoms with E-state index in [1.807, 2.05) is 18.2 Å². The van der Waals surface area contributed by atoms with E-state index in [0.717, 1.165) is 13.8 Å². The Morgan fingerprint density at radius 3 is 2.59 bits per heavy atom. The van der Waals surface area contributed by atoms with Crippen LogP contribution >= 0.6 is 43.2 Å². The molecule has 0 saturated carbocycles. The molecule has 5 heteroatoms. The Kier molecular flexibility index (Phi) is 4.36. The van der Waals surface area contributed by atoms with Gasteiger partial charge in [0.1, 0.15) is 5.82 Å². The van der Waals surface area contributed by atoms with Crippen molar-refractivity contribution in [3.63, 3.8) is 0 Å². The molecule has 0 aliphatic rings. The first-order chi connectivity index (χ1) is 8.04. The van der Waals surface area contributed by atoms with Crippen molar-refractivity contribution in [1.29, 1.82) is 0 Å². The molecule has 1 aromatic heterocycles. The highest BCUT2D eigenvalue weighted by atomic mass is 79.9. The van der Waals surface area contributed by atoms with E-state index in [2.05, 4.69) is 31.9 Å². The van der Waals surface area contributed by atoms with E-state index in [0.29, 0.717) is 6.42 Å².